The van der Waals surface area contributed by atoms with Gasteiger partial charge in [0.2, 0.25) is 0 Å². The zero-order valence-corrected chi connectivity index (χ0v) is 10.3. The zero-order valence-electron chi connectivity index (χ0n) is 10.3. The molecule has 94 valence electrons. The molecule has 2 heterocycles. The normalized spacial score (nSPS) is 23.8. The van der Waals surface area contributed by atoms with E-state index in [0.717, 1.165) is 18.4 Å². The summed E-state index contributed by atoms with van der Waals surface area (Å²) in [6.07, 6.45) is 7.19. The molecule has 1 atom stereocenters. The van der Waals surface area contributed by atoms with Crippen molar-refractivity contribution in [2.45, 2.75) is 25.3 Å². The monoisotopic (exact) mass is 243 g/mol. The minimum absolute atomic E-state index is 0.362. The van der Waals surface area contributed by atoms with Crippen molar-refractivity contribution in [2.24, 2.45) is 5.92 Å². The largest absolute Gasteiger partial charge is 0.368 e. The third kappa shape index (κ3) is 2.59. The molecule has 3 rings (SSSR count). The number of anilines is 1. The van der Waals surface area contributed by atoms with Gasteiger partial charge in [-0.15, -0.1) is 0 Å². The third-order valence-electron chi connectivity index (χ3n) is 3.72. The number of nitriles is 1. The summed E-state index contributed by atoms with van der Waals surface area (Å²) in [5.41, 5.74) is 0.362. The number of likely N-dealkylation sites (tertiary alicyclic amines) is 1. The lowest BCUT2D eigenvalue weighted by atomic mass is 10.1. The molecule has 0 amide bonds. The van der Waals surface area contributed by atoms with Crippen LogP contribution in [0.5, 0.6) is 0 Å². The van der Waals surface area contributed by atoms with E-state index in [0.29, 0.717) is 11.6 Å². The summed E-state index contributed by atoms with van der Waals surface area (Å²) in [4.78, 5) is 10.8. The lowest BCUT2D eigenvalue weighted by Crippen LogP contribution is -2.24. The van der Waals surface area contributed by atoms with Gasteiger partial charge >= 0.3 is 0 Å². The maximum Gasteiger partial charge on any atom is 0.158 e. The summed E-state index contributed by atoms with van der Waals surface area (Å²) in [5.74, 6) is 1.47. The van der Waals surface area contributed by atoms with Crippen LogP contribution in [0.1, 0.15) is 25.0 Å². The van der Waals surface area contributed by atoms with Crippen molar-refractivity contribution in [1.29, 1.82) is 5.26 Å². The predicted octanol–water partition coefficient (Wildman–Crippen LogP) is 1.24. The molecule has 2 fully saturated rings. The molecule has 1 unspecified atom stereocenters. The summed E-state index contributed by atoms with van der Waals surface area (Å²) in [6, 6.07) is 2.85. The van der Waals surface area contributed by atoms with Gasteiger partial charge in [-0.1, -0.05) is 0 Å². The molecule has 1 aliphatic carbocycles. The Morgan fingerprint density at radius 2 is 2.22 bits per heavy atom. The quantitative estimate of drug-likeness (QED) is 0.862. The van der Waals surface area contributed by atoms with Crippen LogP contribution in [0.4, 0.5) is 5.82 Å². The fourth-order valence-corrected chi connectivity index (χ4v) is 2.53. The molecule has 1 aromatic heterocycles. The Hall–Kier alpha value is -1.67. The zero-order chi connectivity index (χ0) is 12.4. The van der Waals surface area contributed by atoms with Crippen molar-refractivity contribution in [1.82, 2.24) is 14.9 Å². The molecule has 5 nitrogen and oxygen atoms in total. The summed E-state index contributed by atoms with van der Waals surface area (Å²) in [7, 11) is 0. The van der Waals surface area contributed by atoms with Crippen LogP contribution in [0, 0.1) is 17.2 Å². The molecular weight excluding hydrogens is 226 g/mol. The van der Waals surface area contributed by atoms with E-state index in [1.807, 2.05) is 6.07 Å². The van der Waals surface area contributed by atoms with Crippen LogP contribution in [0.15, 0.2) is 12.4 Å². The van der Waals surface area contributed by atoms with E-state index >= 15 is 0 Å². The van der Waals surface area contributed by atoms with Gasteiger partial charge in [0, 0.05) is 19.1 Å². The molecule has 0 aromatic carbocycles. The van der Waals surface area contributed by atoms with Crippen molar-refractivity contribution in [3.8, 4) is 6.07 Å². The lowest BCUT2D eigenvalue weighted by molar-refractivity contribution is 0.316. The lowest BCUT2D eigenvalue weighted by Gasteiger charge is -2.15. The molecule has 0 radical (unpaired) electrons. The van der Waals surface area contributed by atoms with Crippen molar-refractivity contribution < 1.29 is 0 Å². The highest BCUT2D eigenvalue weighted by atomic mass is 15.2. The first kappa shape index (κ1) is 11.4. The summed E-state index contributed by atoms with van der Waals surface area (Å²) >= 11 is 0. The highest BCUT2D eigenvalue weighted by molar-refractivity contribution is 5.33. The van der Waals surface area contributed by atoms with Gasteiger partial charge in [0.15, 0.2) is 5.69 Å². The predicted molar refractivity (Wildman–Crippen MR) is 67.9 cm³/mol. The molecule has 1 saturated carbocycles. The third-order valence-corrected chi connectivity index (χ3v) is 3.72. The average molecular weight is 243 g/mol. The molecular formula is C13H17N5. The van der Waals surface area contributed by atoms with Crippen LogP contribution in [-0.4, -0.2) is 40.5 Å². The Balaban J connectivity index is 1.47. The molecule has 0 spiro atoms. The Labute approximate surface area is 107 Å². The second-order valence-corrected chi connectivity index (χ2v) is 5.16. The second kappa shape index (κ2) is 4.91. The number of aromatic nitrogens is 2. The molecule has 1 saturated heterocycles. The van der Waals surface area contributed by atoms with Gasteiger partial charge in [-0.2, -0.15) is 5.26 Å². The van der Waals surface area contributed by atoms with E-state index in [4.69, 9.17) is 5.26 Å². The van der Waals surface area contributed by atoms with Gasteiger partial charge in [-0.05, 0) is 31.7 Å². The number of hydrogen-bond donors (Lipinski definition) is 1. The van der Waals surface area contributed by atoms with Crippen molar-refractivity contribution in [3.63, 3.8) is 0 Å². The van der Waals surface area contributed by atoms with E-state index in [-0.39, 0.29) is 0 Å². The van der Waals surface area contributed by atoms with Gasteiger partial charge in [0.1, 0.15) is 11.9 Å². The molecule has 2 aliphatic rings. The maximum atomic E-state index is 8.64. The fourth-order valence-electron chi connectivity index (χ4n) is 2.53. The van der Waals surface area contributed by atoms with Crippen LogP contribution >= 0.6 is 0 Å². The van der Waals surface area contributed by atoms with E-state index in [2.05, 4.69) is 20.2 Å². The number of nitrogens with zero attached hydrogens (tertiary/aromatic N) is 4. The van der Waals surface area contributed by atoms with Crippen LogP contribution in [-0.2, 0) is 0 Å². The Kier molecular flexibility index (Phi) is 3.11. The highest BCUT2D eigenvalue weighted by Gasteiger charge is 2.34. The maximum absolute atomic E-state index is 8.64. The average Bonchev–Trinajstić information content (AvgIpc) is 3.16. The summed E-state index contributed by atoms with van der Waals surface area (Å²) in [5, 5.41) is 11.9. The summed E-state index contributed by atoms with van der Waals surface area (Å²) < 4.78 is 0. The second-order valence-electron chi connectivity index (χ2n) is 5.16. The number of nitrogens with one attached hydrogen (secondary N) is 1. The highest BCUT2D eigenvalue weighted by Crippen LogP contribution is 2.31. The van der Waals surface area contributed by atoms with Crippen LogP contribution in [0.25, 0.3) is 0 Å². The van der Waals surface area contributed by atoms with E-state index in [1.54, 1.807) is 6.20 Å². The minimum Gasteiger partial charge on any atom is -0.368 e. The Morgan fingerprint density at radius 3 is 2.89 bits per heavy atom. The van der Waals surface area contributed by atoms with Crippen LogP contribution in [0.3, 0.4) is 0 Å². The first-order valence-corrected chi connectivity index (χ1v) is 6.55. The molecule has 1 aliphatic heterocycles. The molecule has 1 aromatic rings. The molecule has 1 N–H and O–H groups in total. The standard InChI is InChI=1S/C13H17N5/c14-5-11-7-17-13(8-15-11)16-6-10-3-4-18(9-10)12-1-2-12/h7-8,10,12H,1-4,6,9H2,(H,16,17). The van der Waals surface area contributed by atoms with Gasteiger partial charge in [-0.3, -0.25) is 0 Å². The van der Waals surface area contributed by atoms with Crippen LogP contribution in [0.2, 0.25) is 0 Å². The Morgan fingerprint density at radius 1 is 1.33 bits per heavy atom. The van der Waals surface area contributed by atoms with Gasteiger partial charge in [0.05, 0.1) is 12.4 Å². The van der Waals surface area contributed by atoms with E-state index < -0.39 is 0 Å². The first-order valence-electron chi connectivity index (χ1n) is 6.55. The topological polar surface area (TPSA) is 64.8 Å². The summed E-state index contributed by atoms with van der Waals surface area (Å²) in [6.45, 7) is 3.40. The SMILES string of the molecule is N#Cc1cnc(NCC2CCN(C3CC3)C2)cn1. The number of rotatable bonds is 4. The van der Waals surface area contributed by atoms with Gasteiger partial charge in [-0.25, -0.2) is 9.97 Å². The molecule has 0 bridgehead atoms. The first-order chi connectivity index (χ1) is 8.85. The molecule has 18 heavy (non-hydrogen) atoms. The van der Waals surface area contributed by atoms with Crippen molar-refractivity contribution in [3.05, 3.63) is 18.1 Å². The van der Waals surface area contributed by atoms with Crippen LogP contribution < -0.4 is 5.32 Å². The minimum atomic E-state index is 0.362. The Bertz CT molecular complexity index is 445. The van der Waals surface area contributed by atoms with E-state index in [1.165, 1.54) is 38.5 Å². The van der Waals surface area contributed by atoms with Gasteiger partial charge in [0.25, 0.3) is 0 Å². The fraction of sp³-hybridized carbons (Fsp3) is 0.615. The molecule has 5 heteroatoms. The van der Waals surface area contributed by atoms with Crippen molar-refractivity contribution >= 4 is 5.82 Å². The number of hydrogen-bond acceptors (Lipinski definition) is 5. The van der Waals surface area contributed by atoms with Gasteiger partial charge < -0.3 is 10.2 Å². The van der Waals surface area contributed by atoms with E-state index in [9.17, 15) is 0 Å². The van der Waals surface area contributed by atoms with Crippen molar-refractivity contribution in [2.75, 3.05) is 25.0 Å². The smallest absolute Gasteiger partial charge is 0.158 e.